The van der Waals surface area contributed by atoms with Crippen LogP contribution in [0.1, 0.15) is 51.4 Å². The van der Waals surface area contributed by atoms with Gasteiger partial charge in [0.15, 0.2) is 6.29 Å². The van der Waals surface area contributed by atoms with Crippen molar-refractivity contribution in [3.8, 4) is 11.1 Å². The van der Waals surface area contributed by atoms with Crippen LogP contribution in [0.15, 0.2) is 97.3 Å². The number of rotatable bonds is 11. The van der Waals surface area contributed by atoms with Gasteiger partial charge in [-0.1, -0.05) is 66.7 Å². The Hall–Kier alpha value is -3.53. The number of pyridine rings is 1. The van der Waals surface area contributed by atoms with E-state index in [-0.39, 0.29) is 31.3 Å². The number of hydrogen-bond donors (Lipinski definition) is 3. The molecule has 2 heterocycles. The fourth-order valence-electron chi connectivity index (χ4n) is 4.78. The first-order valence-electron chi connectivity index (χ1n) is 13.7. The molecule has 1 fully saturated rings. The van der Waals surface area contributed by atoms with Gasteiger partial charge in [0.1, 0.15) is 0 Å². The lowest BCUT2D eigenvalue weighted by Crippen LogP contribution is -2.31. The highest BCUT2D eigenvalue weighted by molar-refractivity contribution is 7.99. The van der Waals surface area contributed by atoms with Crippen molar-refractivity contribution < 1.29 is 24.5 Å². The second kappa shape index (κ2) is 14.4. The SMILES string of the molecule is O=C(NCc1cccc(-c2ccc([C@H]3O[C@@H](CSCCO)C[C@@H](c4ccc(CO)cc4)O3)cc2)c1)c1cccnc1. The number of ether oxygens (including phenoxy) is 2. The van der Waals surface area contributed by atoms with Crippen LogP contribution in [0.2, 0.25) is 0 Å². The zero-order valence-electron chi connectivity index (χ0n) is 22.7. The Morgan fingerprint density at radius 3 is 2.44 bits per heavy atom. The molecule has 0 spiro atoms. The maximum atomic E-state index is 12.4. The number of benzene rings is 3. The van der Waals surface area contributed by atoms with Gasteiger partial charge in [0.05, 0.1) is 31.0 Å². The summed E-state index contributed by atoms with van der Waals surface area (Å²) in [6, 6.07) is 27.6. The highest BCUT2D eigenvalue weighted by Crippen LogP contribution is 2.39. The summed E-state index contributed by atoms with van der Waals surface area (Å²) in [7, 11) is 0. The van der Waals surface area contributed by atoms with E-state index in [4.69, 9.17) is 9.47 Å². The number of aliphatic hydroxyl groups is 2. The molecule has 4 aromatic rings. The van der Waals surface area contributed by atoms with Crippen LogP contribution in [0.4, 0.5) is 0 Å². The standard InChI is InChI=1S/C33H34N2O5S/c36-15-16-41-22-30-18-31(26-8-6-23(21-37)7-9-26)40-33(39-30)27-12-10-25(11-13-27)28-4-1-3-24(17-28)19-35-32(38)29-5-2-14-34-20-29/h1-14,17,20,30-31,33,36-37H,15-16,18-19,21-22H2,(H,35,38)/t30-,31+,33+/m1/s1. The molecular weight excluding hydrogens is 536 g/mol. The Morgan fingerprint density at radius 2 is 1.71 bits per heavy atom. The van der Waals surface area contributed by atoms with E-state index >= 15 is 0 Å². The van der Waals surface area contributed by atoms with Gasteiger partial charge in [-0.15, -0.1) is 0 Å². The highest BCUT2D eigenvalue weighted by atomic mass is 32.2. The molecule has 0 aliphatic carbocycles. The van der Waals surface area contributed by atoms with Crippen molar-refractivity contribution in [2.24, 2.45) is 0 Å². The van der Waals surface area contributed by atoms with Crippen molar-refractivity contribution in [2.45, 2.75) is 38.1 Å². The zero-order valence-corrected chi connectivity index (χ0v) is 23.5. The number of nitrogens with zero attached hydrogens (tertiary/aromatic N) is 1. The van der Waals surface area contributed by atoms with E-state index in [0.29, 0.717) is 17.9 Å². The Kier molecular flexibility index (Phi) is 10.2. The molecule has 8 heteroatoms. The fraction of sp³-hybridized carbons (Fsp3) is 0.273. The normalized spacial score (nSPS) is 18.6. The summed E-state index contributed by atoms with van der Waals surface area (Å²) in [6.45, 7) is 0.565. The van der Waals surface area contributed by atoms with Crippen LogP contribution >= 0.6 is 11.8 Å². The van der Waals surface area contributed by atoms with Gasteiger partial charge in [0, 0.05) is 42.4 Å². The Balaban J connectivity index is 1.27. The van der Waals surface area contributed by atoms with Gasteiger partial charge in [0.25, 0.3) is 5.91 Å². The van der Waals surface area contributed by atoms with E-state index in [1.165, 1.54) is 0 Å². The number of carbonyl (C=O) groups is 1. The number of aromatic nitrogens is 1. The summed E-state index contributed by atoms with van der Waals surface area (Å²) in [5, 5.41) is 21.6. The molecule has 0 unspecified atom stereocenters. The molecule has 0 radical (unpaired) electrons. The predicted molar refractivity (Wildman–Crippen MR) is 160 cm³/mol. The van der Waals surface area contributed by atoms with E-state index in [0.717, 1.165) is 45.6 Å². The number of amides is 1. The second-order valence-electron chi connectivity index (χ2n) is 9.90. The highest BCUT2D eigenvalue weighted by Gasteiger charge is 2.32. The number of thioether (sulfide) groups is 1. The van der Waals surface area contributed by atoms with Crippen LogP contribution in [0.3, 0.4) is 0 Å². The van der Waals surface area contributed by atoms with Crippen molar-refractivity contribution in [3.63, 3.8) is 0 Å². The van der Waals surface area contributed by atoms with E-state index < -0.39 is 6.29 Å². The van der Waals surface area contributed by atoms with E-state index in [1.54, 1.807) is 36.3 Å². The minimum atomic E-state index is -0.519. The van der Waals surface area contributed by atoms with Crippen LogP contribution in [-0.2, 0) is 22.6 Å². The minimum Gasteiger partial charge on any atom is -0.396 e. The van der Waals surface area contributed by atoms with Crippen LogP contribution in [0.5, 0.6) is 0 Å². The molecule has 3 atom stereocenters. The van der Waals surface area contributed by atoms with Crippen molar-refractivity contribution in [2.75, 3.05) is 18.1 Å². The molecular formula is C33H34N2O5S. The summed E-state index contributed by atoms with van der Waals surface area (Å²) in [6.07, 6.45) is 3.23. The Labute approximate surface area is 244 Å². The third-order valence-corrected chi connectivity index (χ3v) is 8.05. The quantitative estimate of drug-likeness (QED) is 0.206. The summed E-state index contributed by atoms with van der Waals surface area (Å²) in [5.41, 5.74) is 6.49. The van der Waals surface area contributed by atoms with Crippen LogP contribution < -0.4 is 5.32 Å². The van der Waals surface area contributed by atoms with E-state index in [9.17, 15) is 15.0 Å². The molecule has 0 saturated carbocycles. The first-order chi connectivity index (χ1) is 20.1. The topological polar surface area (TPSA) is 101 Å². The van der Waals surface area contributed by atoms with Gasteiger partial charge in [-0.2, -0.15) is 11.8 Å². The van der Waals surface area contributed by atoms with Crippen molar-refractivity contribution in [1.82, 2.24) is 10.3 Å². The fourth-order valence-corrected chi connectivity index (χ4v) is 5.55. The first kappa shape index (κ1) is 29.0. The average molecular weight is 571 g/mol. The molecule has 1 saturated heterocycles. The molecule has 1 aromatic heterocycles. The van der Waals surface area contributed by atoms with Gasteiger partial charge < -0.3 is 25.0 Å². The second-order valence-corrected chi connectivity index (χ2v) is 11.0. The molecule has 212 valence electrons. The van der Waals surface area contributed by atoms with Crippen molar-refractivity contribution >= 4 is 17.7 Å². The lowest BCUT2D eigenvalue weighted by molar-refractivity contribution is -0.245. The molecule has 1 aliphatic rings. The summed E-state index contributed by atoms with van der Waals surface area (Å²) >= 11 is 1.67. The van der Waals surface area contributed by atoms with Gasteiger partial charge >= 0.3 is 0 Å². The number of nitrogens with one attached hydrogen (secondary N) is 1. The Morgan fingerprint density at radius 1 is 0.902 bits per heavy atom. The Bertz CT molecular complexity index is 1400. The van der Waals surface area contributed by atoms with Crippen LogP contribution in [-0.4, -0.2) is 45.3 Å². The molecule has 1 amide bonds. The first-order valence-corrected chi connectivity index (χ1v) is 14.8. The summed E-state index contributed by atoms with van der Waals surface area (Å²) in [4.78, 5) is 16.4. The number of aliphatic hydroxyl groups excluding tert-OH is 2. The van der Waals surface area contributed by atoms with Crippen molar-refractivity contribution in [1.29, 1.82) is 0 Å². The lowest BCUT2D eigenvalue weighted by Gasteiger charge is -2.36. The largest absolute Gasteiger partial charge is 0.396 e. The monoisotopic (exact) mass is 570 g/mol. The van der Waals surface area contributed by atoms with Gasteiger partial charge in [-0.3, -0.25) is 9.78 Å². The predicted octanol–water partition coefficient (Wildman–Crippen LogP) is 5.44. The molecule has 41 heavy (non-hydrogen) atoms. The lowest BCUT2D eigenvalue weighted by atomic mass is 9.99. The van der Waals surface area contributed by atoms with E-state index in [2.05, 4.69) is 34.6 Å². The maximum Gasteiger partial charge on any atom is 0.253 e. The molecule has 3 aromatic carbocycles. The van der Waals surface area contributed by atoms with Gasteiger partial charge in [-0.25, -0.2) is 0 Å². The van der Waals surface area contributed by atoms with Gasteiger partial charge in [-0.05, 0) is 46.0 Å². The summed E-state index contributed by atoms with van der Waals surface area (Å²) < 4.78 is 12.8. The summed E-state index contributed by atoms with van der Waals surface area (Å²) in [5.74, 6) is 1.28. The smallest absolute Gasteiger partial charge is 0.253 e. The molecule has 0 bridgehead atoms. The third kappa shape index (κ3) is 7.81. The maximum absolute atomic E-state index is 12.4. The number of carbonyl (C=O) groups excluding carboxylic acids is 1. The molecule has 5 rings (SSSR count). The molecule has 7 nitrogen and oxygen atoms in total. The molecule has 1 aliphatic heterocycles. The average Bonchev–Trinajstić information content (AvgIpc) is 3.04. The van der Waals surface area contributed by atoms with Crippen LogP contribution in [0, 0.1) is 0 Å². The van der Waals surface area contributed by atoms with Crippen molar-refractivity contribution in [3.05, 3.63) is 125 Å². The third-order valence-electron chi connectivity index (χ3n) is 6.97. The molecule has 3 N–H and O–H groups in total. The van der Waals surface area contributed by atoms with Crippen LogP contribution in [0.25, 0.3) is 11.1 Å². The zero-order chi connectivity index (χ0) is 28.4. The van der Waals surface area contributed by atoms with E-state index in [1.807, 2.05) is 48.5 Å². The van der Waals surface area contributed by atoms with Gasteiger partial charge in [0.2, 0.25) is 0 Å². The minimum absolute atomic E-state index is 0.00720. The number of hydrogen-bond acceptors (Lipinski definition) is 7.